The Morgan fingerprint density at radius 3 is 2.63 bits per heavy atom. The summed E-state index contributed by atoms with van der Waals surface area (Å²) in [5.74, 6) is 0.678. The molecule has 0 saturated heterocycles. The van der Waals surface area contributed by atoms with Gasteiger partial charge in [0.05, 0.1) is 0 Å². The van der Waals surface area contributed by atoms with Crippen LogP contribution in [0.2, 0.25) is 0 Å². The molecule has 1 aromatic carbocycles. The normalized spacial score (nSPS) is 10.8. The zero-order valence-electron chi connectivity index (χ0n) is 12.6. The van der Waals surface area contributed by atoms with Gasteiger partial charge >= 0.3 is 0 Å². The number of aryl methyl sites for hydroxylation is 1. The molecule has 0 heterocycles. The Hall–Kier alpha value is -1.35. The van der Waals surface area contributed by atoms with Crippen molar-refractivity contribution in [3.63, 3.8) is 0 Å². The van der Waals surface area contributed by atoms with E-state index in [0.717, 1.165) is 6.42 Å². The molecule has 0 aliphatic rings. The molecule has 1 aromatic rings. The Bertz CT molecular complexity index is 427. The van der Waals surface area contributed by atoms with Crippen molar-refractivity contribution in [2.24, 2.45) is 5.73 Å². The van der Waals surface area contributed by atoms with Crippen molar-refractivity contribution in [2.75, 3.05) is 13.6 Å². The maximum absolute atomic E-state index is 11.9. The van der Waals surface area contributed by atoms with Gasteiger partial charge in [-0.25, -0.2) is 0 Å². The molecule has 1 amide bonds. The number of nitrogens with zero attached hydrogens (tertiary/aromatic N) is 1. The zero-order valence-corrected chi connectivity index (χ0v) is 12.6. The fourth-order valence-electron chi connectivity index (χ4n) is 2.01. The lowest BCUT2D eigenvalue weighted by Crippen LogP contribution is -2.26. The minimum Gasteiger partial charge on any atom is -0.341 e. The molecule has 0 atom stereocenters. The van der Waals surface area contributed by atoms with Crippen molar-refractivity contribution < 1.29 is 4.79 Å². The average molecular weight is 262 g/mol. The summed E-state index contributed by atoms with van der Waals surface area (Å²) in [4.78, 5) is 13.7. The van der Waals surface area contributed by atoms with E-state index >= 15 is 0 Å². The van der Waals surface area contributed by atoms with Gasteiger partial charge in [0.15, 0.2) is 0 Å². The summed E-state index contributed by atoms with van der Waals surface area (Å²) in [6, 6.07) is 6.52. The van der Waals surface area contributed by atoms with Crippen LogP contribution in [0.5, 0.6) is 0 Å². The van der Waals surface area contributed by atoms with Crippen LogP contribution in [0.25, 0.3) is 0 Å². The van der Waals surface area contributed by atoms with Gasteiger partial charge in [-0.3, -0.25) is 4.79 Å². The van der Waals surface area contributed by atoms with Gasteiger partial charge in [-0.1, -0.05) is 32.0 Å². The summed E-state index contributed by atoms with van der Waals surface area (Å²) >= 11 is 0. The number of carbonyl (C=O) groups excluding carboxylic acids is 1. The van der Waals surface area contributed by atoms with Crippen LogP contribution in [-0.2, 0) is 11.3 Å². The van der Waals surface area contributed by atoms with E-state index in [-0.39, 0.29) is 5.91 Å². The van der Waals surface area contributed by atoms with Crippen LogP contribution in [0, 0.1) is 6.92 Å². The van der Waals surface area contributed by atoms with E-state index in [1.165, 1.54) is 16.7 Å². The molecule has 0 saturated carbocycles. The van der Waals surface area contributed by atoms with Gasteiger partial charge < -0.3 is 10.6 Å². The van der Waals surface area contributed by atoms with Crippen molar-refractivity contribution in [3.05, 3.63) is 34.9 Å². The molecule has 0 bridgehead atoms. The highest BCUT2D eigenvalue weighted by Crippen LogP contribution is 2.19. The van der Waals surface area contributed by atoms with Gasteiger partial charge in [-0.15, -0.1) is 0 Å². The topological polar surface area (TPSA) is 46.3 Å². The van der Waals surface area contributed by atoms with Crippen molar-refractivity contribution in [3.8, 4) is 0 Å². The molecule has 0 unspecified atom stereocenters. The van der Waals surface area contributed by atoms with Gasteiger partial charge in [0, 0.05) is 20.0 Å². The lowest BCUT2D eigenvalue weighted by Gasteiger charge is -2.19. The van der Waals surface area contributed by atoms with Crippen molar-refractivity contribution in [1.29, 1.82) is 0 Å². The maximum Gasteiger partial charge on any atom is 0.222 e. The van der Waals surface area contributed by atoms with Gasteiger partial charge in [-0.05, 0) is 42.5 Å². The number of benzene rings is 1. The van der Waals surface area contributed by atoms with E-state index < -0.39 is 0 Å². The lowest BCUT2D eigenvalue weighted by molar-refractivity contribution is -0.130. The Morgan fingerprint density at radius 1 is 1.37 bits per heavy atom. The third-order valence-electron chi connectivity index (χ3n) is 3.47. The number of rotatable bonds is 6. The van der Waals surface area contributed by atoms with Crippen LogP contribution >= 0.6 is 0 Å². The first-order valence-corrected chi connectivity index (χ1v) is 6.99. The number of hydrogen-bond acceptors (Lipinski definition) is 2. The first-order chi connectivity index (χ1) is 8.95. The Labute approximate surface area is 116 Å². The van der Waals surface area contributed by atoms with Crippen molar-refractivity contribution in [1.82, 2.24) is 4.90 Å². The Kier molecular flexibility index (Phi) is 6.03. The summed E-state index contributed by atoms with van der Waals surface area (Å²) in [6.45, 7) is 7.71. The second-order valence-electron chi connectivity index (χ2n) is 5.48. The fourth-order valence-corrected chi connectivity index (χ4v) is 2.01. The van der Waals surface area contributed by atoms with Crippen molar-refractivity contribution >= 4 is 5.91 Å². The highest BCUT2D eigenvalue weighted by molar-refractivity contribution is 5.75. The third-order valence-corrected chi connectivity index (χ3v) is 3.47. The maximum atomic E-state index is 11.9. The quantitative estimate of drug-likeness (QED) is 0.857. The van der Waals surface area contributed by atoms with Crippen LogP contribution < -0.4 is 5.73 Å². The van der Waals surface area contributed by atoms with E-state index in [2.05, 4.69) is 39.0 Å². The third kappa shape index (κ3) is 4.67. The highest BCUT2D eigenvalue weighted by Gasteiger charge is 2.11. The van der Waals surface area contributed by atoms with E-state index in [1.54, 1.807) is 4.90 Å². The molecule has 106 valence electrons. The van der Waals surface area contributed by atoms with Gasteiger partial charge in [0.1, 0.15) is 0 Å². The standard InChI is InChI=1S/C16H26N2O/c1-12(2)14-8-7-13(3)15(10-14)11-18(4)16(19)6-5-9-17/h7-8,10,12H,5-6,9,11,17H2,1-4H3. The van der Waals surface area contributed by atoms with E-state index in [9.17, 15) is 4.79 Å². The summed E-state index contributed by atoms with van der Waals surface area (Å²) in [5.41, 5.74) is 9.23. The van der Waals surface area contributed by atoms with Crippen LogP contribution in [0.3, 0.4) is 0 Å². The Morgan fingerprint density at radius 2 is 2.05 bits per heavy atom. The summed E-state index contributed by atoms with van der Waals surface area (Å²) in [7, 11) is 1.86. The second-order valence-corrected chi connectivity index (χ2v) is 5.48. The molecule has 0 fully saturated rings. The van der Waals surface area contributed by atoms with Gasteiger partial charge in [0.25, 0.3) is 0 Å². The molecule has 3 heteroatoms. The van der Waals surface area contributed by atoms with Gasteiger partial charge in [-0.2, -0.15) is 0 Å². The fraction of sp³-hybridized carbons (Fsp3) is 0.562. The minimum atomic E-state index is 0.166. The number of nitrogens with two attached hydrogens (primary N) is 1. The lowest BCUT2D eigenvalue weighted by atomic mass is 9.97. The average Bonchev–Trinajstić information content (AvgIpc) is 2.38. The van der Waals surface area contributed by atoms with E-state index in [0.29, 0.717) is 25.4 Å². The SMILES string of the molecule is Cc1ccc(C(C)C)cc1CN(C)C(=O)CCCN. The van der Waals surface area contributed by atoms with Crippen LogP contribution in [-0.4, -0.2) is 24.4 Å². The van der Waals surface area contributed by atoms with E-state index in [1.807, 2.05) is 7.05 Å². The predicted octanol–water partition coefficient (Wildman–Crippen LogP) is 2.82. The molecular weight excluding hydrogens is 236 g/mol. The molecule has 3 nitrogen and oxygen atoms in total. The van der Waals surface area contributed by atoms with Gasteiger partial charge in [0.2, 0.25) is 5.91 Å². The number of amides is 1. The number of carbonyl (C=O) groups is 1. The molecule has 19 heavy (non-hydrogen) atoms. The van der Waals surface area contributed by atoms with Crippen LogP contribution in [0.1, 0.15) is 49.3 Å². The van der Waals surface area contributed by atoms with E-state index in [4.69, 9.17) is 5.73 Å². The molecule has 0 radical (unpaired) electrons. The molecule has 0 aromatic heterocycles. The number of hydrogen-bond donors (Lipinski definition) is 1. The minimum absolute atomic E-state index is 0.166. The summed E-state index contributed by atoms with van der Waals surface area (Å²) in [5, 5.41) is 0. The Balaban J connectivity index is 2.75. The molecular formula is C16H26N2O. The first-order valence-electron chi connectivity index (χ1n) is 6.99. The highest BCUT2D eigenvalue weighted by atomic mass is 16.2. The molecule has 0 spiro atoms. The predicted molar refractivity (Wildman–Crippen MR) is 80.0 cm³/mol. The first kappa shape index (κ1) is 15.7. The van der Waals surface area contributed by atoms with Crippen LogP contribution in [0.15, 0.2) is 18.2 Å². The second kappa shape index (κ2) is 7.29. The summed E-state index contributed by atoms with van der Waals surface area (Å²) < 4.78 is 0. The van der Waals surface area contributed by atoms with Crippen LogP contribution in [0.4, 0.5) is 0 Å². The molecule has 0 aliphatic carbocycles. The molecule has 0 aliphatic heterocycles. The van der Waals surface area contributed by atoms with Crippen molar-refractivity contribution in [2.45, 2.75) is 46.1 Å². The molecule has 2 N–H and O–H groups in total. The largest absolute Gasteiger partial charge is 0.341 e. The smallest absolute Gasteiger partial charge is 0.222 e. The summed E-state index contributed by atoms with van der Waals surface area (Å²) in [6.07, 6.45) is 1.30. The monoisotopic (exact) mass is 262 g/mol. The zero-order chi connectivity index (χ0) is 14.4. The molecule has 1 rings (SSSR count).